The van der Waals surface area contributed by atoms with Gasteiger partial charge in [-0.2, -0.15) is 0 Å². The van der Waals surface area contributed by atoms with Crippen LogP contribution in [0.2, 0.25) is 0 Å². The lowest BCUT2D eigenvalue weighted by Gasteiger charge is -2.11. The molecule has 0 aromatic heterocycles. The van der Waals surface area contributed by atoms with E-state index in [1.165, 1.54) is 20.3 Å². The van der Waals surface area contributed by atoms with Crippen LogP contribution in [-0.4, -0.2) is 49.3 Å². The number of carbonyl (C=O) groups excluding carboxylic acids is 3. The molecule has 0 spiro atoms. The fraction of sp³-hybridized carbons (Fsp3) is 0.235. The number of hydrogen-bond acceptors (Lipinski definition) is 6. The summed E-state index contributed by atoms with van der Waals surface area (Å²) in [7, 11) is 3.04. The van der Waals surface area contributed by atoms with Gasteiger partial charge in [0.1, 0.15) is 6.54 Å². The van der Waals surface area contributed by atoms with E-state index in [1.54, 1.807) is 24.3 Å². The summed E-state index contributed by atoms with van der Waals surface area (Å²) in [4.78, 5) is 37.2. The maximum Gasteiger partial charge on any atom is 0.294 e. The second-order valence-electron chi connectivity index (χ2n) is 4.98. The van der Waals surface area contributed by atoms with Crippen molar-refractivity contribution in [1.82, 2.24) is 10.2 Å². The summed E-state index contributed by atoms with van der Waals surface area (Å²) in [6.07, 6.45) is 3.09. The van der Waals surface area contributed by atoms with Crippen molar-refractivity contribution in [2.75, 3.05) is 27.3 Å². The third-order valence-electron chi connectivity index (χ3n) is 3.32. The molecule has 7 nitrogen and oxygen atoms in total. The van der Waals surface area contributed by atoms with Crippen LogP contribution in [0.5, 0.6) is 11.5 Å². The van der Waals surface area contributed by atoms with Crippen LogP contribution in [0.1, 0.15) is 5.56 Å². The maximum absolute atomic E-state index is 12.4. The number of rotatable bonds is 7. The maximum atomic E-state index is 12.4. The molecule has 1 heterocycles. The lowest BCUT2D eigenvalue weighted by Crippen LogP contribution is -2.39. The molecule has 0 unspecified atom stereocenters. The third-order valence-corrected chi connectivity index (χ3v) is 4.23. The van der Waals surface area contributed by atoms with Gasteiger partial charge in [-0.25, -0.2) is 0 Å². The quantitative estimate of drug-likeness (QED) is 0.590. The molecule has 1 fully saturated rings. The van der Waals surface area contributed by atoms with Gasteiger partial charge in [-0.05, 0) is 35.5 Å². The first-order valence-corrected chi connectivity index (χ1v) is 8.16. The molecule has 3 amide bonds. The standard InChI is InChI=1S/C17H18N2O5S/c1-4-7-18-15(20)10-19-16(21)14(25-17(19)22)9-11-5-6-12(23-2)13(8-11)24-3/h4-6,8-9H,1,7,10H2,2-3H3,(H,18,20)/b14-9-. The third kappa shape index (κ3) is 4.42. The predicted octanol–water partition coefficient (Wildman–Crippen LogP) is 2.04. The average molecular weight is 362 g/mol. The molecule has 2 rings (SSSR count). The first-order chi connectivity index (χ1) is 12.0. The summed E-state index contributed by atoms with van der Waals surface area (Å²) in [6, 6.07) is 5.15. The second kappa shape index (κ2) is 8.39. The Labute approximate surface area is 149 Å². The number of hydrogen-bond donors (Lipinski definition) is 1. The topological polar surface area (TPSA) is 84.9 Å². The molecule has 1 saturated heterocycles. The highest BCUT2D eigenvalue weighted by atomic mass is 32.2. The highest BCUT2D eigenvalue weighted by molar-refractivity contribution is 8.18. The number of imide groups is 1. The lowest BCUT2D eigenvalue weighted by atomic mass is 10.2. The fourth-order valence-electron chi connectivity index (χ4n) is 2.12. The molecule has 0 atom stereocenters. The molecule has 1 aliphatic rings. The Kier molecular flexibility index (Phi) is 6.24. The van der Waals surface area contributed by atoms with E-state index < -0.39 is 17.1 Å². The minimum Gasteiger partial charge on any atom is -0.493 e. The van der Waals surface area contributed by atoms with Gasteiger partial charge in [-0.3, -0.25) is 19.3 Å². The number of methoxy groups -OCH3 is 2. The van der Waals surface area contributed by atoms with E-state index in [2.05, 4.69) is 11.9 Å². The first-order valence-electron chi connectivity index (χ1n) is 7.35. The molecule has 1 aromatic rings. The van der Waals surface area contributed by atoms with E-state index in [-0.39, 0.29) is 18.0 Å². The number of benzene rings is 1. The molecule has 8 heteroatoms. The summed E-state index contributed by atoms with van der Waals surface area (Å²) in [5, 5.41) is 2.05. The smallest absolute Gasteiger partial charge is 0.294 e. The van der Waals surface area contributed by atoms with Gasteiger partial charge in [0.2, 0.25) is 5.91 Å². The normalized spacial score (nSPS) is 15.4. The van der Waals surface area contributed by atoms with Crippen LogP contribution in [0.3, 0.4) is 0 Å². The lowest BCUT2D eigenvalue weighted by molar-refractivity contribution is -0.129. The molecule has 25 heavy (non-hydrogen) atoms. The SMILES string of the molecule is C=CCNC(=O)CN1C(=O)S/C(=C\c2ccc(OC)c(OC)c2)C1=O. The summed E-state index contributed by atoms with van der Waals surface area (Å²) in [5.41, 5.74) is 0.680. The van der Waals surface area contributed by atoms with Crippen molar-refractivity contribution in [1.29, 1.82) is 0 Å². The fourth-order valence-corrected chi connectivity index (χ4v) is 2.95. The van der Waals surface area contributed by atoms with Crippen molar-refractivity contribution in [3.05, 3.63) is 41.3 Å². The van der Waals surface area contributed by atoms with Gasteiger partial charge in [0, 0.05) is 6.54 Å². The van der Waals surface area contributed by atoms with Crippen LogP contribution in [0.15, 0.2) is 35.8 Å². The van der Waals surface area contributed by atoms with Crippen molar-refractivity contribution < 1.29 is 23.9 Å². The number of nitrogens with one attached hydrogen (secondary N) is 1. The van der Waals surface area contributed by atoms with Gasteiger partial charge < -0.3 is 14.8 Å². The molecule has 1 N–H and O–H groups in total. The largest absolute Gasteiger partial charge is 0.493 e. The van der Waals surface area contributed by atoms with E-state index in [1.807, 2.05) is 0 Å². The number of ether oxygens (including phenoxy) is 2. The van der Waals surface area contributed by atoms with E-state index in [4.69, 9.17) is 9.47 Å². The van der Waals surface area contributed by atoms with Gasteiger partial charge in [0.05, 0.1) is 19.1 Å². The Morgan fingerprint density at radius 3 is 2.64 bits per heavy atom. The Bertz CT molecular complexity index is 745. The zero-order valence-electron chi connectivity index (χ0n) is 13.9. The van der Waals surface area contributed by atoms with Gasteiger partial charge >= 0.3 is 0 Å². The summed E-state index contributed by atoms with van der Waals surface area (Å²) >= 11 is 0.792. The summed E-state index contributed by atoms with van der Waals surface area (Å²) < 4.78 is 10.4. The molecule has 132 valence electrons. The van der Waals surface area contributed by atoms with Gasteiger partial charge in [-0.15, -0.1) is 6.58 Å². The van der Waals surface area contributed by atoms with Crippen LogP contribution in [0.25, 0.3) is 6.08 Å². The van der Waals surface area contributed by atoms with E-state index in [0.29, 0.717) is 17.1 Å². The highest BCUT2D eigenvalue weighted by Gasteiger charge is 2.36. The van der Waals surface area contributed by atoms with Crippen LogP contribution in [0.4, 0.5) is 4.79 Å². The van der Waals surface area contributed by atoms with Gasteiger partial charge in [0.25, 0.3) is 11.1 Å². The molecule has 0 saturated carbocycles. The minimum atomic E-state index is -0.501. The van der Waals surface area contributed by atoms with Gasteiger partial charge in [-0.1, -0.05) is 12.1 Å². The molecular weight excluding hydrogens is 344 g/mol. The van der Waals surface area contributed by atoms with E-state index >= 15 is 0 Å². The average Bonchev–Trinajstić information content (AvgIpc) is 2.87. The van der Waals surface area contributed by atoms with Crippen molar-refractivity contribution >= 4 is 34.9 Å². The van der Waals surface area contributed by atoms with Crippen molar-refractivity contribution in [3.8, 4) is 11.5 Å². The Balaban J connectivity index is 2.17. The molecule has 1 aliphatic heterocycles. The van der Waals surface area contributed by atoms with Crippen LogP contribution in [-0.2, 0) is 9.59 Å². The van der Waals surface area contributed by atoms with E-state index in [0.717, 1.165) is 16.7 Å². The summed E-state index contributed by atoms with van der Waals surface area (Å²) in [6.45, 7) is 3.44. The van der Waals surface area contributed by atoms with Crippen LogP contribution < -0.4 is 14.8 Å². The first kappa shape index (κ1) is 18.6. The zero-order chi connectivity index (χ0) is 18.4. The Morgan fingerprint density at radius 1 is 1.28 bits per heavy atom. The number of thioether (sulfide) groups is 1. The van der Waals surface area contributed by atoms with Gasteiger partial charge in [0.15, 0.2) is 11.5 Å². The van der Waals surface area contributed by atoms with Crippen LogP contribution in [0, 0.1) is 0 Å². The molecule has 0 bridgehead atoms. The molecule has 1 aromatic carbocycles. The van der Waals surface area contributed by atoms with Crippen molar-refractivity contribution in [2.45, 2.75) is 0 Å². The predicted molar refractivity (Wildman–Crippen MR) is 95.4 cm³/mol. The second-order valence-corrected chi connectivity index (χ2v) is 5.97. The monoisotopic (exact) mass is 362 g/mol. The highest BCUT2D eigenvalue weighted by Crippen LogP contribution is 2.34. The van der Waals surface area contributed by atoms with Crippen molar-refractivity contribution in [2.24, 2.45) is 0 Å². The number of nitrogens with zero attached hydrogens (tertiary/aromatic N) is 1. The molecular formula is C17H18N2O5S. The number of amides is 3. The molecule has 0 aliphatic carbocycles. The Morgan fingerprint density at radius 2 is 2.00 bits per heavy atom. The minimum absolute atomic E-state index is 0.244. The molecule has 0 radical (unpaired) electrons. The zero-order valence-corrected chi connectivity index (χ0v) is 14.7. The Hall–Kier alpha value is -2.74. The van der Waals surface area contributed by atoms with Crippen molar-refractivity contribution in [3.63, 3.8) is 0 Å². The van der Waals surface area contributed by atoms with Crippen LogP contribution >= 0.6 is 11.8 Å². The van der Waals surface area contributed by atoms with E-state index in [9.17, 15) is 14.4 Å². The number of carbonyl (C=O) groups is 3. The summed E-state index contributed by atoms with van der Waals surface area (Å²) in [5.74, 6) is 0.152.